The molecule has 2 heterocycles. The van der Waals surface area contributed by atoms with E-state index >= 15 is 0 Å². The van der Waals surface area contributed by atoms with Crippen LogP contribution in [0.4, 0.5) is 0 Å². The molecule has 0 fully saturated rings. The van der Waals surface area contributed by atoms with Crippen LogP contribution in [-0.4, -0.2) is 58.2 Å². The smallest absolute Gasteiger partial charge is 0.329 e. The van der Waals surface area contributed by atoms with Crippen molar-refractivity contribution in [3.63, 3.8) is 0 Å². The van der Waals surface area contributed by atoms with Gasteiger partial charge in [-0.05, 0) is 37.5 Å². The lowest BCUT2D eigenvalue weighted by atomic mass is 10.0. The molecule has 1 aliphatic heterocycles. The Labute approximate surface area is 221 Å². The summed E-state index contributed by atoms with van der Waals surface area (Å²) in [7, 11) is 0. The van der Waals surface area contributed by atoms with Gasteiger partial charge in [0.25, 0.3) is 11.8 Å². The number of fused-ring (bicyclic) bond motifs is 2. The molecule has 0 unspecified atom stereocenters. The van der Waals surface area contributed by atoms with Crippen LogP contribution in [0.25, 0.3) is 0 Å². The van der Waals surface area contributed by atoms with E-state index in [0.717, 1.165) is 0 Å². The molecule has 1 aromatic heterocycles. The fraction of sp³-hybridized carbons (Fsp3) is 0.462. The fourth-order valence-electron chi connectivity index (χ4n) is 3.38. The van der Waals surface area contributed by atoms with Gasteiger partial charge in [-0.25, -0.2) is 9.78 Å². The average Bonchev–Trinajstić information content (AvgIpc) is 2.84. The minimum Gasteiger partial charge on any atom is -0.456 e. The summed E-state index contributed by atoms with van der Waals surface area (Å²) in [6, 6.07) is 3.91. The van der Waals surface area contributed by atoms with Gasteiger partial charge in [0.05, 0.1) is 6.42 Å². The first-order valence-electron chi connectivity index (χ1n) is 12.1. The van der Waals surface area contributed by atoms with Crippen molar-refractivity contribution in [3.05, 3.63) is 53.5 Å². The first-order chi connectivity index (χ1) is 17.6. The van der Waals surface area contributed by atoms with Crippen LogP contribution < -0.4 is 16.0 Å². The summed E-state index contributed by atoms with van der Waals surface area (Å²) in [4.78, 5) is 66.8. The van der Waals surface area contributed by atoms with Crippen LogP contribution in [0.3, 0.4) is 0 Å². The molecule has 200 valence electrons. The third-order valence-electron chi connectivity index (χ3n) is 5.33. The van der Waals surface area contributed by atoms with E-state index in [2.05, 4.69) is 20.9 Å². The summed E-state index contributed by atoms with van der Waals surface area (Å²) in [5, 5.41) is 7.96. The van der Waals surface area contributed by atoms with Gasteiger partial charge in [0.1, 0.15) is 23.5 Å². The molecule has 3 N–H and O–H groups in total. The van der Waals surface area contributed by atoms with E-state index in [1.165, 1.54) is 30.8 Å². The monoisotopic (exact) mass is 530 g/mol. The topological polar surface area (TPSA) is 144 Å². The second kappa shape index (κ2) is 14.9. The average molecular weight is 531 g/mol. The van der Waals surface area contributed by atoms with Crippen LogP contribution in [-0.2, 0) is 30.3 Å². The number of aromatic nitrogens is 1. The summed E-state index contributed by atoms with van der Waals surface area (Å²) >= 11 is 1.18. The van der Waals surface area contributed by atoms with Crippen molar-refractivity contribution in [2.24, 2.45) is 5.92 Å². The van der Waals surface area contributed by atoms with Crippen molar-refractivity contribution >= 4 is 40.6 Å². The van der Waals surface area contributed by atoms with Crippen molar-refractivity contribution in [1.29, 1.82) is 0 Å². The molecule has 0 aromatic carbocycles. The van der Waals surface area contributed by atoms with Crippen molar-refractivity contribution in [1.82, 2.24) is 20.9 Å². The molecule has 3 amide bonds. The van der Waals surface area contributed by atoms with Gasteiger partial charge in [0.2, 0.25) is 5.91 Å². The maximum Gasteiger partial charge on any atom is 0.329 e. The lowest BCUT2D eigenvalue weighted by molar-refractivity contribution is -0.153. The Morgan fingerprint density at radius 2 is 1.97 bits per heavy atom. The highest BCUT2D eigenvalue weighted by Gasteiger charge is 2.29. The molecule has 10 nitrogen and oxygen atoms in total. The quantitative estimate of drug-likeness (QED) is 0.227. The summed E-state index contributed by atoms with van der Waals surface area (Å²) in [6.07, 6.45) is 4.75. The number of cyclic esters (lactones) is 1. The number of ether oxygens (including phenoxy) is 1. The summed E-state index contributed by atoms with van der Waals surface area (Å²) in [6.45, 7) is 6.84. The standard InChI is InChI=1S/C26H34N4O6S/c1-5-20-24(33)30-23(16(2)3)26(35)36-19(10-6-7-14-37-17(4)31)15-22(32)27-13-12-18-9-8-11-21(28-18)25(34)29-20/h5-6,8-11,16,19,23H,7,12-15H2,1-4H3,(H,27,32)(H,29,34)(H,30,33)/b10-6+,20-5-/t19-,23+/m1/s1. The second-order valence-electron chi connectivity index (χ2n) is 8.70. The molecular weight excluding hydrogens is 496 g/mol. The number of amides is 3. The van der Waals surface area contributed by atoms with Crippen LogP contribution in [0.5, 0.6) is 0 Å². The molecule has 0 spiro atoms. The maximum atomic E-state index is 13.1. The molecule has 2 bridgehead atoms. The van der Waals surface area contributed by atoms with Crippen molar-refractivity contribution in [2.75, 3.05) is 12.3 Å². The number of rotatable bonds is 5. The Hall–Kier alpha value is -3.47. The Morgan fingerprint density at radius 1 is 1.22 bits per heavy atom. The van der Waals surface area contributed by atoms with Gasteiger partial charge in [0.15, 0.2) is 5.12 Å². The second-order valence-corrected chi connectivity index (χ2v) is 9.97. The Kier molecular flexibility index (Phi) is 12.0. The molecule has 0 saturated heterocycles. The van der Waals surface area contributed by atoms with Gasteiger partial charge in [-0.15, -0.1) is 0 Å². The molecule has 1 aliphatic rings. The third kappa shape index (κ3) is 10.2. The fourth-order valence-corrected chi connectivity index (χ4v) is 3.92. The van der Waals surface area contributed by atoms with E-state index < -0.39 is 29.9 Å². The first-order valence-corrected chi connectivity index (χ1v) is 13.1. The van der Waals surface area contributed by atoms with Crippen molar-refractivity contribution < 1.29 is 28.7 Å². The highest BCUT2D eigenvalue weighted by Crippen LogP contribution is 2.12. The van der Waals surface area contributed by atoms with Crippen molar-refractivity contribution in [2.45, 2.75) is 59.1 Å². The number of esters is 1. The van der Waals surface area contributed by atoms with Crippen molar-refractivity contribution in [3.8, 4) is 0 Å². The highest BCUT2D eigenvalue weighted by molar-refractivity contribution is 8.13. The summed E-state index contributed by atoms with van der Waals surface area (Å²) < 4.78 is 5.63. The van der Waals surface area contributed by atoms with Crippen LogP contribution in [0.1, 0.15) is 56.7 Å². The molecule has 0 saturated carbocycles. The van der Waals surface area contributed by atoms with Gasteiger partial charge in [-0.1, -0.05) is 43.8 Å². The largest absolute Gasteiger partial charge is 0.456 e. The van der Waals surface area contributed by atoms with Crippen LogP contribution >= 0.6 is 11.8 Å². The van der Waals surface area contributed by atoms with E-state index in [9.17, 15) is 24.0 Å². The maximum absolute atomic E-state index is 13.1. The Balaban J connectivity index is 2.31. The lowest BCUT2D eigenvalue weighted by Gasteiger charge is -2.24. The summed E-state index contributed by atoms with van der Waals surface area (Å²) in [5.41, 5.74) is 0.680. The van der Waals surface area contributed by atoms with E-state index in [-0.39, 0.29) is 41.3 Å². The van der Waals surface area contributed by atoms with E-state index in [1.807, 2.05) is 0 Å². The van der Waals surface area contributed by atoms with Crippen LogP contribution in [0, 0.1) is 5.92 Å². The summed E-state index contributed by atoms with van der Waals surface area (Å²) in [5.74, 6) is -2.04. The molecule has 2 atom stereocenters. The molecular formula is C26H34N4O6S. The van der Waals surface area contributed by atoms with Crippen LogP contribution in [0.15, 0.2) is 42.1 Å². The molecule has 2 rings (SSSR count). The number of carbonyl (C=O) groups excluding carboxylic acids is 5. The van der Waals surface area contributed by atoms with Gasteiger partial charge in [-0.2, -0.15) is 0 Å². The van der Waals surface area contributed by atoms with Gasteiger partial charge >= 0.3 is 5.97 Å². The molecule has 11 heteroatoms. The predicted octanol–water partition coefficient (Wildman–Crippen LogP) is 2.06. The zero-order valence-electron chi connectivity index (χ0n) is 21.5. The number of thioether (sulfide) groups is 1. The molecule has 0 radical (unpaired) electrons. The first kappa shape index (κ1) is 29.8. The van der Waals surface area contributed by atoms with E-state index in [0.29, 0.717) is 24.3 Å². The predicted molar refractivity (Wildman–Crippen MR) is 140 cm³/mol. The SMILES string of the molecule is C/C=C1\NC(=O)c2cccc(n2)CCNC(=O)C[C@@H](/C=C/CCSC(C)=O)OC(=O)[C@H](C(C)C)NC1=O. The van der Waals surface area contributed by atoms with Gasteiger partial charge in [0, 0.05) is 31.3 Å². The number of carbonyl (C=O) groups is 5. The number of nitrogens with one attached hydrogen (secondary N) is 3. The normalized spacial score (nSPS) is 21.3. The Bertz CT molecular complexity index is 1070. The number of pyridine rings is 1. The number of hydrogen-bond acceptors (Lipinski definition) is 8. The number of allylic oxidation sites excluding steroid dienone is 2. The number of hydrogen-bond donors (Lipinski definition) is 3. The van der Waals surface area contributed by atoms with Gasteiger partial charge < -0.3 is 20.7 Å². The molecule has 0 aliphatic carbocycles. The zero-order valence-corrected chi connectivity index (χ0v) is 22.4. The molecule has 37 heavy (non-hydrogen) atoms. The minimum absolute atomic E-state index is 0.00643. The third-order valence-corrected chi connectivity index (χ3v) is 6.17. The lowest BCUT2D eigenvalue weighted by Crippen LogP contribution is -2.48. The minimum atomic E-state index is -1.02. The molecule has 1 aromatic rings. The Morgan fingerprint density at radius 3 is 2.65 bits per heavy atom. The van der Waals surface area contributed by atoms with Gasteiger partial charge in [-0.3, -0.25) is 19.2 Å². The zero-order chi connectivity index (χ0) is 27.4. The van der Waals surface area contributed by atoms with E-state index in [1.54, 1.807) is 45.1 Å². The van der Waals surface area contributed by atoms with E-state index in [4.69, 9.17) is 4.74 Å². The highest BCUT2D eigenvalue weighted by atomic mass is 32.2. The van der Waals surface area contributed by atoms with Crippen LogP contribution in [0.2, 0.25) is 0 Å². The number of nitrogens with zero attached hydrogens (tertiary/aromatic N) is 1.